The number of alkyl halides is 4. The number of halogens is 4. The first-order valence-electron chi connectivity index (χ1n) is 6.51. The quantitative estimate of drug-likeness (QED) is 0.700. The summed E-state index contributed by atoms with van der Waals surface area (Å²) in [5, 5.41) is 18.1. The van der Waals surface area contributed by atoms with Crippen LogP contribution in [0.4, 0.5) is 17.6 Å². The number of nitrogens with zero attached hydrogens (tertiary/aromatic N) is 2. The summed E-state index contributed by atoms with van der Waals surface area (Å²) in [6.45, 7) is 1.62. The molecule has 3 aliphatic heterocycles. The number of fused-ring (bicyclic) bond motifs is 1. The zero-order valence-electron chi connectivity index (χ0n) is 10.7. The molecule has 0 spiro atoms. The molecule has 2 fully saturated rings. The fraction of sp³-hybridized carbons (Fsp3) is 0.909. The van der Waals surface area contributed by atoms with Gasteiger partial charge in [0.2, 0.25) is 0 Å². The number of aliphatic hydroxyl groups excluding tert-OH is 2. The number of hydrogen-bond acceptors (Lipinski definition) is 6. The molecule has 3 aliphatic rings. The van der Waals surface area contributed by atoms with E-state index in [1.165, 1.54) is 11.8 Å². The standard InChI is InChI=1S/C11H14F4N2O2S2/c12-4-5-9(21-10(16-5)17-2-1-3-17)20-7(6(4)18)8(19)11(13,14)15/h4-9,18-19H,1-3H2/t4-,5-,6+,7+,8-,9-/m1/s1. The van der Waals surface area contributed by atoms with E-state index in [0.29, 0.717) is 5.17 Å². The molecule has 6 atom stereocenters. The Morgan fingerprint density at radius 2 is 2.00 bits per heavy atom. The zero-order chi connectivity index (χ0) is 15.4. The predicted molar refractivity (Wildman–Crippen MR) is 73.1 cm³/mol. The van der Waals surface area contributed by atoms with Gasteiger partial charge in [-0.15, -0.1) is 11.8 Å². The van der Waals surface area contributed by atoms with Crippen molar-refractivity contribution < 1.29 is 27.8 Å². The van der Waals surface area contributed by atoms with Crippen molar-refractivity contribution in [2.75, 3.05) is 13.1 Å². The Hall–Kier alpha value is -0.190. The first-order valence-corrected chi connectivity index (χ1v) is 8.33. The van der Waals surface area contributed by atoms with E-state index >= 15 is 0 Å². The highest BCUT2D eigenvalue weighted by molar-refractivity contribution is 8.25. The Balaban J connectivity index is 1.74. The number of rotatable bonds is 1. The molecule has 0 unspecified atom stereocenters. The number of aliphatic imine (C=N–C) groups is 1. The maximum Gasteiger partial charge on any atom is 0.415 e. The number of likely N-dealkylation sites (tertiary alicyclic amines) is 1. The minimum atomic E-state index is -4.88. The molecular weight excluding hydrogens is 332 g/mol. The van der Waals surface area contributed by atoms with Gasteiger partial charge in [0, 0.05) is 13.1 Å². The Labute approximate surface area is 127 Å². The summed E-state index contributed by atoms with van der Waals surface area (Å²) < 4.78 is 51.5. The van der Waals surface area contributed by atoms with Crippen LogP contribution in [0, 0.1) is 0 Å². The third kappa shape index (κ3) is 2.75. The molecule has 10 heteroatoms. The smallest absolute Gasteiger partial charge is 0.389 e. The maximum absolute atomic E-state index is 14.2. The summed E-state index contributed by atoms with van der Waals surface area (Å²) in [5.74, 6) is 0. The molecule has 0 saturated carbocycles. The Morgan fingerprint density at radius 1 is 1.33 bits per heavy atom. The average molecular weight is 346 g/mol. The van der Waals surface area contributed by atoms with Crippen LogP contribution in [-0.2, 0) is 0 Å². The van der Waals surface area contributed by atoms with Gasteiger partial charge in [0.15, 0.2) is 17.4 Å². The molecule has 0 amide bonds. The topological polar surface area (TPSA) is 56.1 Å². The van der Waals surface area contributed by atoms with Crippen LogP contribution in [-0.4, -0.2) is 73.8 Å². The summed E-state index contributed by atoms with van der Waals surface area (Å²) in [6.07, 6.45) is -10.4. The molecule has 3 rings (SSSR count). The Bertz CT molecular complexity index is 446. The lowest BCUT2D eigenvalue weighted by Gasteiger charge is -2.38. The molecule has 0 bridgehead atoms. The van der Waals surface area contributed by atoms with Gasteiger partial charge < -0.3 is 15.1 Å². The largest absolute Gasteiger partial charge is 0.415 e. The summed E-state index contributed by atoms with van der Waals surface area (Å²) in [4.78, 5) is 6.15. The van der Waals surface area contributed by atoms with Crippen molar-refractivity contribution in [1.82, 2.24) is 4.90 Å². The normalized spacial score (nSPS) is 41.3. The molecule has 0 radical (unpaired) electrons. The van der Waals surface area contributed by atoms with Gasteiger partial charge in [-0.1, -0.05) is 11.8 Å². The van der Waals surface area contributed by atoms with E-state index in [1.807, 2.05) is 4.90 Å². The van der Waals surface area contributed by atoms with Crippen LogP contribution in [0.1, 0.15) is 6.42 Å². The van der Waals surface area contributed by atoms with Gasteiger partial charge in [0.25, 0.3) is 0 Å². The molecule has 2 N–H and O–H groups in total. The summed E-state index contributed by atoms with van der Waals surface area (Å²) >= 11 is 1.99. The predicted octanol–water partition coefficient (Wildman–Crippen LogP) is 1.23. The van der Waals surface area contributed by atoms with E-state index in [9.17, 15) is 27.8 Å². The van der Waals surface area contributed by atoms with Crippen LogP contribution in [0.25, 0.3) is 0 Å². The van der Waals surface area contributed by atoms with Crippen molar-refractivity contribution in [3.63, 3.8) is 0 Å². The molecule has 0 aliphatic carbocycles. The van der Waals surface area contributed by atoms with Gasteiger partial charge in [0.05, 0.1) is 9.83 Å². The molecule has 0 aromatic heterocycles. The molecule has 0 aromatic carbocycles. The van der Waals surface area contributed by atoms with Gasteiger partial charge in [-0.05, 0) is 6.42 Å². The number of hydrogen-bond donors (Lipinski definition) is 2. The molecule has 21 heavy (non-hydrogen) atoms. The van der Waals surface area contributed by atoms with Gasteiger partial charge in [-0.25, -0.2) is 4.39 Å². The number of amidine groups is 1. The lowest BCUT2D eigenvalue weighted by Crippen LogP contribution is -2.55. The van der Waals surface area contributed by atoms with E-state index in [4.69, 9.17) is 0 Å². The molecule has 4 nitrogen and oxygen atoms in total. The second-order valence-corrected chi connectivity index (χ2v) is 7.98. The van der Waals surface area contributed by atoms with Crippen molar-refractivity contribution in [1.29, 1.82) is 0 Å². The van der Waals surface area contributed by atoms with Crippen LogP contribution in [0.3, 0.4) is 0 Å². The zero-order valence-corrected chi connectivity index (χ0v) is 12.3. The third-order valence-corrected chi connectivity index (χ3v) is 6.92. The summed E-state index contributed by atoms with van der Waals surface area (Å²) in [7, 11) is 0. The van der Waals surface area contributed by atoms with Gasteiger partial charge in [-0.2, -0.15) is 13.2 Å². The second-order valence-electron chi connectivity index (χ2n) is 5.25. The molecular formula is C11H14F4N2O2S2. The highest BCUT2D eigenvalue weighted by atomic mass is 32.2. The number of aliphatic hydroxyl groups is 2. The van der Waals surface area contributed by atoms with E-state index in [-0.39, 0.29) is 0 Å². The van der Waals surface area contributed by atoms with E-state index in [1.54, 1.807) is 0 Å². The molecule has 0 aromatic rings. The van der Waals surface area contributed by atoms with Crippen molar-refractivity contribution >= 4 is 28.7 Å². The molecule has 3 heterocycles. The van der Waals surface area contributed by atoms with Gasteiger partial charge in [-0.3, -0.25) is 4.99 Å². The monoisotopic (exact) mass is 346 g/mol. The lowest BCUT2D eigenvalue weighted by molar-refractivity contribution is -0.210. The Kier molecular flexibility index (Phi) is 4.09. The van der Waals surface area contributed by atoms with Crippen LogP contribution in [0.15, 0.2) is 4.99 Å². The van der Waals surface area contributed by atoms with Crippen molar-refractivity contribution in [3.05, 3.63) is 0 Å². The summed E-state index contributed by atoms with van der Waals surface area (Å²) in [5.41, 5.74) is 0. The minimum Gasteiger partial charge on any atom is -0.389 e. The summed E-state index contributed by atoms with van der Waals surface area (Å²) in [6, 6.07) is -0.859. The van der Waals surface area contributed by atoms with Crippen LogP contribution in [0.2, 0.25) is 0 Å². The van der Waals surface area contributed by atoms with E-state index in [0.717, 1.165) is 31.3 Å². The second kappa shape index (κ2) is 5.47. The fourth-order valence-electron chi connectivity index (χ4n) is 2.45. The highest BCUT2D eigenvalue weighted by Crippen LogP contribution is 2.49. The highest BCUT2D eigenvalue weighted by Gasteiger charge is 2.56. The minimum absolute atomic E-state index is 0.541. The van der Waals surface area contributed by atoms with E-state index in [2.05, 4.69) is 4.99 Å². The lowest BCUT2D eigenvalue weighted by atomic mass is 10.0. The van der Waals surface area contributed by atoms with E-state index < -0.39 is 40.4 Å². The Morgan fingerprint density at radius 3 is 2.52 bits per heavy atom. The van der Waals surface area contributed by atoms with Crippen LogP contribution >= 0.6 is 23.5 Å². The molecule has 120 valence electrons. The van der Waals surface area contributed by atoms with Crippen molar-refractivity contribution in [3.8, 4) is 0 Å². The van der Waals surface area contributed by atoms with Crippen LogP contribution in [0.5, 0.6) is 0 Å². The average Bonchev–Trinajstić information content (AvgIpc) is 2.73. The first kappa shape index (κ1) is 15.7. The SMILES string of the molecule is O[C@H]1[C@H](F)[C@H]2N=C(N3CCC3)S[C@H]2S[C@@H]1[C@@H](O)C(F)(F)F. The van der Waals surface area contributed by atoms with Gasteiger partial charge in [0.1, 0.15) is 12.1 Å². The van der Waals surface area contributed by atoms with Gasteiger partial charge >= 0.3 is 6.18 Å². The van der Waals surface area contributed by atoms with Crippen molar-refractivity contribution in [2.45, 2.75) is 46.9 Å². The number of thioether (sulfide) groups is 2. The first-order chi connectivity index (χ1) is 9.79. The maximum atomic E-state index is 14.2. The van der Waals surface area contributed by atoms with Crippen molar-refractivity contribution in [2.24, 2.45) is 4.99 Å². The molecule has 2 saturated heterocycles. The third-order valence-electron chi connectivity index (χ3n) is 3.81. The fourth-order valence-corrected chi connectivity index (χ4v) is 5.69. The van der Waals surface area contributed by atoms with Crippen LogP contribution < -0.4 is 0 Å².